The molecule has 0 spiro atoms. The first-order chi connectivity index (χ1) is 12.3. The molecule has 25 heavy (non-hydrogen) atoms. The van der Waals surface area contributed by atoms with Gasteiger partial charge in [0, 0.05) is 18.1 Å². The van der Waals surface area contributed by atoms with Gasteiger partial charge in [-0.25, -0.2) is 4.98 Å². The molecule has 2 aromatic carbocycles. The van der Waals surface area contributed by atoms with Gasteiger partial charge in [-0.15, -0.1) is 0 Å². The van der Waals surface area contributed by atoms with Gasteiger partial charge in [0.25, 0.3) is 5.91 Å². The Morgan fingerprint density at radius 3 is 2.52 bits per heavy atom. The van der Waals surface area contributed by atoms with Crippen molar-refractivity contribution in [3.8, 4) is 0 Å². The lowest BCUT2D eigenvalue weighted by atomic mass is 10.0. The van der Waals surface area contributed by atoms with Gasteiger partial charge >= 0.3 is 0 Å². The average Bonchev–Trinajstić information content (AvgIpc) is 3.09. The Hall–Kier alpha value is -3.40. The zero-order valence-electron chi connectivity index (χ0n) is 13.6. The largest absolute Gasteiger partial charge is 0.320 e. The topological polar surface area (TPSA) is 46.4 Å². The number of hydrogen-bond donors (Lipinski definition) is 1. The van der Waals surface area contributed by atoms with Crippen LogP contribution in [0.1, 0.15) is 21.6 Å². The summed E-state index contributed by atoms with van der Waals surface area (Å²) in [7, 11) is 0. The molecule has 4 nitrogen and oxygen atoms in total. The second-order valence-electron chi connectivity index (χ2n) is 5.87. The quantitative estimate of drug-likeness (QED) is 0.611. The number of carbonyl (C=O) groups excluding carboxylic acids is 1. The maximum Gasteiger partial charge on any atom is 0.275 e. The van der Waals surface area contributed by atoms with Gasteiger partial charge < -0.3 is 9.72 Å². The van der Waals surface area contributed by atoms with Crippen molar-refractivity contribution in [1.82, 2.24) is 9.38 Å². The Labute approximate surface area is 145 Å². The summed E-state index contributed by atoms with van der Waals surface area (Å²) in [6.45, 7) is 0. The number of benzene rings is 2. The Balaban J connectivity index is 1.59. The lowest BCUT2D eigenvalue weighted by molar-refractivity contribution is 0.102. The van der Waals surface area contributed by atoms with E-state index in [1.165, 1.54) is 5.56 Å². The van der Waals surface area contributed by atoms with E-state index in [1.807, 2.05) is 71.3 Å². The molecule has 2 heterocycles. The fraction of sp³-hybridized carbons (Fsp3) is 0.0476. The van der Waals surface area contributed by atoms with Gasteiger partial charge in [0.1, 0.15) is 11.3 Å². The molecule has 4 aromatic rings. The minimum atomic E-state index is -0.204. The highest BCUT2D eigenvalue weighted by Crippen LogP contribution is 2.20. The maximum atomic E-state index is 12.6. The van der Waals surface area contributed by atoms with E-state index >= 15 is 0 Å². The average molecular weight is 327 g/mol. The van der Waals surface area contributed by atoms with Gasteiger partial charge in [0.15, 0.2) is 0 Å². The zero-order chi connectivity index (χ0) is 17.1. The number of hydrogen-bond acceptors (Lipinski definition) is 2. The molecule has 0 bridgehead atoms. The smallest absolute Gasteiger partial charge is 0.275 e. The van der Waals surface area contributed by atoms with Crippen LogP contribution in [0.15, 0.2) is 85.2 Å². The molecule has 2 aromatic heterocycles. The van der Waals surface area contributed by atoms with Crippen LogP contribution in [0.25, 0.3) is 5.65 Å². The number of amides is 1. The minimum absolute atomic E-state index is 0.204. The van der Waals surface area contributed by atoms with E-state index in [2.05, 4.69) is 22.4 Å². The number of anilines is 1. The highest BCUT2D eigenvalue weighted by molar-refractivity contribution is 6.03. The second-order valence-corrected chi connectivity index (χ2v) is 5.87. The van der Waals surface area contributed by atoms with E-state index in [4.69, 9.17) is 0 Å². The molecule has 0 atom stereocenters. The van der Waals surface area contributed by atoms with Crippen LogP contribution in [0.3, 0.4) is 0 Å². The van der Waals surface area contributed by atoms with Gasteiger partial charge in [-0.1, -0.05) is 54.6 Å². The number of imidazole rings is 1. The van der Waals surface area contributed by atoms with Gasteiger partial charge in [-0.2, -0.15) is 0 Å². The third-order valence-corrected chi connectivity index (χ3v) is 4.10. The molecule has 122 valence electrons. The van der Waals surface area contributed by atoms with E-state index in [9.17, 15) is 4.79 Å². The highest BCUT2D eigenvalue weighted by Gasteiger charge is 2.12. The molecule has 0 aliphatic heterocycles. The van der Waals surface area contributed by atoms with Crippen LogP contribution >= 0.6 is 0 Å². The van der Waals surface area contributed by atoms with Crippen molar-refractivity contribution < 1.29 is 4.79 Å². The highest BCUT2D eigenvalue weighted by atomic mass is 16.1. The van der Waals surface area contributed by atoms with Crippen molar-refractivity contribution in [2.75, 3.05) is 5.32 Å². The van der Waals surface area contributed by atoms with Gasteiger partial charge in [0.2, 0.25) is 0 Å². The summed E-state index contributed by atoms with van der Waals surface area (Å²) in [4.78, 5) is 17.0. The third kappa shape index (κ3) is 3.28. The van der Waals surface area contributed by atoms with Crippen LogP contribution < -0.4 is 5.32 Å². The van der Waals surface area contributed by atoms with E-state index in [1.54, 1.807) is 6.20 Å². The molecule has 4 heteroatoms. The summed E-state index contributed by atoms with van der Waals surface area (Å²) in [6, 6.07) is 23.8. The number of carbonyl (C=O) groups is 1. The Morgan fingerprint density at radius 1 is 0.920 bits per heavy atom. The van der Waals surface area contributed by atoms with E-state index in [0.29, 0.717) is 5.69 Å². The molecular formula is C21H17N3O. The molecule has 0 fully saturated rings. The lowest BCUT2D eigenvalue weighted by Crippen LogP contribution is -2.13. The molecule has 0 aliphatic rings. The fourth-order valence-electron chi connectivity index (χ4n) is 2.84. The summed E-state index contributed by atoms with van der Waals surface area (Å²) in [5, 5.41) is 2.99. The van der Waals surface area contributed by atoms with Crippen molar-refractivity contribution in [2.24, 2.45) is 0 Å². The first-order valence-electron chi connectivity index (χ1n) is 8.16. The van der Waals surface area contributed by atoms with Crippen LogP contribution in [0, 0.1) is 0 Å². The second kappa shape index (κ2) is 6.61. The third-order valence-electron chi connectivity index (χ3n) is 4.10. The van der Waals surface area contributed by atoms with E-state index < -0.39 is 0 Å². The Bertz CT molecular complexity index is 988. The van der Waals surface area contributed by atoms with Crippen molar-refractivity contribution in [1.29, 1.82) is 0 Å². The van der Waals surface area contributed by atoms with Gasteiger partial charge in [0.05, 0.1) is 0 Å². The summed E-state index contributed by atoms with van der Waals surface area (Å²) in [6.07, 6.45) is 4.38. The SMILES string of the molecule is O=C(Nc1ccccc1Cc1ccccc1)c1cn2ccccc2n1. The number of pyridine rings is 1. The van der Waals surface area contributed by atoms with Crippen LogP contribution in [0.5, 0.6) is 0 Å². The van der Waals surface area contributed by atoms with Crippen molar-refractivity contribution in [2.45, 2.75) is 6.42 Å². The molecule has 4 rings (SSSR count). The molecule has 0 radical (unpaired) electrons. The summed E-state index contributed by atoms with van der Waals surface area (Å²) in [5.74, 6) is -0.204. The van der Waals surface area contributed by atoms with Crippen molar-refractivity contribution >= 4 is 17.2 Å². The summed E-state index contributed by atoms with van der Waals surface area (Å²) in [5.41, 5.74) is 4.25. The van der Waals surface area contributed by atoms with E-state index in [-0.39, 0.29) is 5.91 Å². The van der Waals surface area contributed by atoms with Gasteiger partial charge in [-0.05, 0) is 35.7 Å². The lowest BCUT2D eigenvalue weighted by Gasteiger charge is -2.10. The minimum Gasteiger partial charge on any atom is -0.320 e. The van der Waals surface area contributed by atoms with Crippen molar-refractivity contribution in [3.05, 3.63) is 102 Å². The molecule has 0 unspecified atom stereocenters. The maximum absolute atomic E-state index is 12.6. The fourth-order valence-corrected chi connectivity index (χ4v) is 2.84. The molecule has 1 N–H and O–H groups in total. The van der Waals surface area contributed by atoms with Crippen LogP contribution in [-0.2, 0) is 6.42 Å². The standard InChI is InChI=1S/C21H17N3O/c25-21(19-15-24-13-7-6-12-20(24)22-19)23-18-11-5-4-10-17(18)14-16-8-2-1-3-9-16/h1-13,15H,14H2,(H,23,25). The molecule has 0 saturated heterocycles. The monoisotopic (exact) mass is 327 g/mol. The molecular weight excluding hydrogens is 310 g/mol. The predicted molar refractivity (Wildman–Crippen MR) is 98.8 cm³/mol. The Kier molecular flexibility index (Phi) is 4.01. The first kappa shape index (κ1) is 15.1. The Morgan fingerprint density at radius 2 is 1.68 bits per heavy atom. The number of fused-ring (bicyclic) bond motifs is 1. The number of aromatic nitrogens is 2. The number of para-hydroxylation sites is 1. The van der Waals surface area contributed by atoms with Crippen LogP contribution in [0.4, 0.5) is 5.69 Å². The summed E-state index contributed by atoms with van der Waals surface area (Å²) < 4.78 is 1.84. The summed E-state index contributed by atoms with van der Waals surface area (Å²) >= 11 is 0. The molecule has 0 aliphatic carbocycles. The van der Waals surface area contributed by atoms with Crippen LogP contribution in [0.2, 0.25) is 0 Å². The zero-order valence-corrected chi connectivity index (χ0v) is 13.6. The van der Waals surface area contributed by atoms with Gasteiger partial charge in [-0.3, -0.25) is 4.79 Å². The normalized spacial score (nSPS) is 10.7. The van der Waals surface area contributed by atoms with E-state index in [0.717, 1.165) is 23.3 Å². The number of nitrogens with one attached hydrogen (secondary N) is 1. The molecule has 1 amide bonds. The number of rotatable bonds is 4. The molecule has 0 saturated carbocycles. The van der Waals surface area contributed by atoms with Crippen LogP contribution in [-0.4, -0.2) is 15.3 Å². The predicted octanol–water partition coefficient (Wildman–Crippen LogP) is 4.18. The number of nitrogens with zero attached hydrogens (tertiary/aromatic N) is 2. The van der Waals surface area contributed by atoms with Crippen molar-refractivity contribution in [3.63, 3.8) is 0 Å². The first-order valence-corrected chi connectivity index (χ1v) is 8.16.